The van der Waals surface area contributed by atoms with Crippen molar-refractivity contribution in [1.29, 1.82) is 0 Å². The van der Waals surface area contributed by atoms with Crippen molar-refractivity contribution in [3.8, 4) is 0 Å². The summed E-state index contributed by atoms with van der Waals surface area (Å²) >= 11 is 5.77. The summed E-state index contributed by atoms with van der Waals surface area (Å²) in [5, 5.41) is 2.79. The molecule has 0 saturated carbocycles. The van der Waals surface area contributed by atoms with Crippen LogP contribution in [-0.4, -0.2) is 35.8 Å². The molecule has 0 radical (unpaired) electrons. The molecule has 0 aliphatic carbocycles. The number of hydrogen-bond donors (Lipinski definition) is 1. The average Bonchev–Trinajstić information content (AvgIpc) is 2.76. The molecule has 1 N–H and O–H groups in total. The van der Waals surface area contributed by atoms with Crippen LogP contribution in [0.3, 0.4) is 0 Å². The average molecular weight is 281 g/mol. The summed E-state index contributed by atoms with van der Waals surface area (Å²) in [6.07, 6.45) is -3.69. The molecule has 1 aromatic heterocycles. The summed E-state index contributed by atoms with van der Waals surface area (Å²) in [5.74, 6) is 0.421. The van der Waals surface area contributed by atoms with Gasteiger partial charge < -0.3 is 10.2 Å². The lowest BCUT2D eigenvalue weighted by atomic mass is 10.2. The minimum atomic E-state index is -4.26. The van der Waals surface area contributed by atoms with Crippen molar-refractivity contribution in [2.24, 2.45) is 0 Å². The fraction of sp³-hybridized carbons (Fsp3) is 0.600. The van der Waals surface area contributed by atoms with Gasteiger partial charge in [0, 0.05) is 19.7 Å². The van der Waals surface area contributed by atoms with Crippen molar-refractivity contribution in [3.05, 3.63) is 11.2 Å². The number of aromatic nitrogens is 2. The van der Waals surface area contributed by atoms with Crippen molar-refractivity contribution in [2.45, 2.75) is 25.1 Å². The van der Waals surface area contributed by atoms with Crippen molar-refractivity contribution < 1.29 is 13.2 Å². The second-order valence-corrected chi connectivity index (χ2v) is 4.40. The van der Waals surface area contributed by atoms with Crippen molar-refractivity contribution in [3.63, 3.8) is 0 Å². The van der Waals surface area contributed by atoms with Gasteiger partial charge in [-0.15, -0.1) is 0 Å². The first-order valence-corrected chi connectivity index (χ1v) is 5.85. The predicted molar refractivity (Wildman–Crippen MR) is 63.0 cm³/mol. The number of nitrogens with zero attached hydrogens (tertiary/aromatic N) is 3. The summed E-state index contributed by atoms with van der Waals surface area (Å²) in [6, 6.07) is -0.139. The lowest BCUT2D eigenvalue weighted by molar-refractivity contribution is -0.146. The summed E-state index contributed by atoms with van der Waals surface area (Å²) < 4.78 is 38.5. The van der Waals surface area contributed by atoms with Crippen LogP contribution in [0.1, 0.15) is 12.8 Å². The Hall–Kier alpha value is -1.24. The molecular formula is C10H12ClF3N4. The molecule has 1 saturated heterocycles. The molecule has 0 unspecified atom stereocenters. The maximum atomic E-state index is 12.8. The maximum Gasteiger partial charge on any atom is 0.408 e. The Morgan fingerprint density at radius 1 is 1.44 bits per heavy atom. The van der Waals surface area contributed by atoms with Crippen LogP contribution in [0.2, 0.25) is 5.15 Å². The molecule has 2 heterocycles. The van der Waals surface area contributed by atoms with E-state index in [0.717, 1.165) is 0 Å². The fourth-order valence-electron chi connectivity index (χ4n) is 2.05. The Bertz CT molecular complexity index is 438. The SMILES string of the molecule is CNc1nc(Cl)cc(N2CCC[C@H]2C(F)(F)F)n1. The molecule has 0 aromatic carbocycles. The lowest BCUT2D eigenvalue weighted by Crippen LogP contribution is -2.41. The van der Waals surface area contributed by atoms with Gasteiger partial charge >= 0.3 is 6.18 Å². The van der Waals surface area contributed by atoms with E-state index < -0.39 is 12.2 Å². The van der Waals surface area contributed by atoms with Gasteiger partial charge in [-0.3, -0.25) is 0 Å². The van der Waals surface area contributed by atoms with Gasteiger partial charge in [0.05, 0.1) is 0 Å². The van der Waals surface area contributed by atoms with E-state index in [9.17, 15) is 13.2 Å². The molecule has 1 fully saturated rings. The standard InChI is InChI=1S/C10H12ClF3N4/c1-15-9-16-7(11)5-8(17-9)18-4-2-3-6(18)10(12,13)14/h5-6H,2-4H2,1H3,(H,15,16,17)/t6-/m0/s1. The van der Waals surface area contributed by atoms with Gasteiger partial charge in [0.1, 0.15) is 17.0 Å². The largest absolute Gasteiger partial charge is 0.408 e. The molecule has 0 amide bonds. The van der Waals surface area contributed by atoms with Gasteiger partial charge in [0.15, 0.2) is 0 Å². The van der Waals surface area contributed by atoms with Crippen LogP contribution >= 0.6 is 11.6 Å². The smallest absolute Gasteiger partial charge is 0.357 e. The molecule has 8 heteroatoms. The van der Waals surface area contributed by atoms with E-state index in [0.29, 0.717) is 13.0 Å². The summed E-state index contributed by atoms with van der Waals surface area (Å²) in [5.41, 5.74) is 0. The highest BCUT2D eigenvalue weighted by Gasteiger charge is 2.46. The van der Waals surface area contributed by atoms with Crippen LogP contribution < -0.4 is 10.2 Å². The molecule has 0 bridgehead atoms. The maximum absolute atomic E-state index is 12.8. The normalized spacial score (nSPS) is 20.3. The molecule has 1 aliphatic heterocycles. The monoisotopic (exact) mass is 280 g/mol. The van der Waals surface area contributed by atoms with E-state index in [1.165, 1.54) is 11.0 Å². The van der Waals surface area contributed by atoms with Gasteiger partial charge in [0.2, 0.25) is 5.95 Å². The van der Waals surface area contributed by atoms with Gasteiger partial charge in [-0.1, -0.05) is 11.6 Å². The number of anilines is 2. The Morgan fingerprint density at radius 2 is 2.17 bits per heavy atom. The zero-order chi connectivity index (χ0) is 13.3. The van der Waals surface area contributed by atoms with Gasteiger partial charge in [-0.2, -0.15) is 18.2 Å². The predicted octanol–water partition coefficient (Wildman–Crippen LogP) is 2.70. The minimum absolute atomic E-state index is 0.0833. The highest BCUT2D eigenvalue weighted by molar-refractivity contribution is 6.29. The molecular weight excluding hydrogens is 269 g/mol. The van der Waals surface area contributed by atoms with Gasteiger partial charge in [-0.25, -0.2) is 4.98 Å². The Morgan fingerprint density at radius 3 is 2.78 bits per heavy atom. The zero-order valence-corrected chi connectivity index (χ0v) is 10.4. The third-order valence-electron chi connectivity index (χ3n) is 2.83. The highest BCUT2D eigenvalue weighted by Crippen LogP contribution is 2.35. The molecule has 1 aromatic rings. The number of hydrogen-bond acceptors (Lipinski definition) is 4. The van der Waals surface area contributed by atoms with E-state index in [4.69, 9.17) is 11.6 Å². The third-order valence-corrected chi connectivity index (χ3v) is 3.02. The van der Waals surface area contributed by atoms with E-state index >= 15 is 0 Å². The quantitative estimate of drug-likeness (QED) is 0.846. The second kappa shape index (κ2) is 4.79. The number of halogens is 4. The van der Waals surface area contributed by atoms with Crippen molar-refractivity contribution in [1.82, 2.24) is 9.97 Å². The number of rotatable bonds is 2. The van der Waals surface area contributed by atoms with Crippen LogP contribution in [0.5, 0.6) is 0 Å². The molecule has 1 atom stereocenters. The lowest BCUT2D eigenvalue weighted by Gasteiger charge is -2.27. The molecule has 0 spiro atoms. The molecule has 100 valence electrons. The van der Waals surface area contributed by atoms with Crippen molar-refractivity contribution >= 4 is 23.4 Å². The van der Waals surface area contributed by atoms with Crippen LogP contribution in [0.25, 0.3) is 0 Å². The molecule has 18 heavy (non-hydrogen) atoms. The van der Waals surface area contributed by atoms with Gasteiger partial charge in [0.25, 0.3) is 0 Å². The van der Waals surface area contributed by atoms with E-state index in [-0.39, 0.29) is 23.3 Å². The number of alkyl halides is 3. The molecule has 2 rings (SSSR count). The van der Waals surface area contributed by atoms with Gasteiger partial charge in [-0.05, 0) is 12.8 Å². The topological polar surface area (TPSA) is 41.1 Å². The van der Waals surface area contributed by atoms with Crippen LogP contribution in [0.4, 0.5) is 24.9 Å². The highest BCUT2D eigenvalue weighted by atomic mass is 35.5. The Labute approximate surface area is 107 Å². The second-order valence-electron chi connectivity index (χ2n) is 4.02. The Balaban J connectivity index is 2.33. The third kappa shape index (κ3) is 2.60. The Kier molecular flexibility index (Phi) is 3.52. The summed E-state index contributed by atoms with van der Waals surface area (Å²) in [4.78, 5) is 9.09. The van der Waals surface area contributed by atoms with Crippen molar-refractivity contribution in [2.75, 3.05) is 23.8 Å². The van der Waals surface area contributed by atoms with E-state index in [2.05, 4.69) is 15.3 Å². The van der Waals surface area contributed by atoms with E-state index in [1.807, 2.05) is 0 Å². The first kappa shape index (κ1) is 13.2. The van der Waals surface area contributed by atoms with Crippen LogP contribution in [-0.2, 0) is 0 Å². The summed E-state index contributed by atoms with van der Waals surface area (Å²) in [7, 11) is 1.58. The van der Waals surface area contributed by atoms with Crippen LogP contribution in [0.15, 0.2) is 6.07 Å². The number of nitrogens with one attached hydrogen (secondary N) is 1. The first-order valence-electron chi connectivity index (χ1n) is 5.47. The van der Waals surface area contributed by atoms with Crippen LogP contribution in [0, 0.1) is 0 Å². The summed E-state index contributed by atoms with van der Waals surface area (Å²) in [6.45, 7) is 0.320. The minimum Gasteiger partial charge on any atom is -0.357 e. The zero-order valence-electron chi connectivity index (χ0n) is 9.63. The van der Waals surface area contributed by atoms with E-state index in [1.54, 1.807) is 7.05 Å². The molecule has 4 nitrogen and oxygen atoms in total. The molecule has 1 aliphatic rings. The first-order chi connectivity index (χ1) is 8.41. The fourth-order valence-corrected chi connectivity index (χ4v) is 2.22.